The Balaban J connectivity index is 1.38. The van der Waals surface area contributed by atoms with Crippen LogP contribution in [0, 0.1) is 0 Å². The Bertz CT molecular complexity index is 1130. The normalized spacial score (nSPS) is 16.6. The van der Waals surface area contributed by atoms with Crippen LogP contribution < -0.4 is 5.76 Å². The van der Waals surface area contributed by atoms with Crippen LogP contribution in [0.25, 0.3) is 11.1 Å². The van der Waals surface area contributed by atoms with Crippen LogP contribution in [0.4, 0.5) is 0 Å². The van der Waals surface area contributed by atoms with Crippen molar-refractivity contribution >= 4 is 32.7 Å². The summed E-state index contributed by atoms with van der Waals surface area (Å²) in [7, 11) is -3.52. The lowest BCUT2D eigenvalue weighted by Gasteiger charge is -2.33. The van der Waals surface area contributed by atoms with Gasteiger partial charge in [-0.05, 0) is 36.4 Å². The average Bonchev–Trinajstić information content (AvgIpc) is 3.02. The van der Waals surface area contributed by atoms with Gasteiger partial charge < -0.3 is 4.42 Å². The lowest BCUT2D eigenvalue weighted by atomic mass is 10.3. The zero-order valence-corrected chi connectivity index (χ0v) is 16.7. The van der Waals surface area contributed by atoms with E-state index in [0.29, 0.717) is 49.9 Å². The van der Waals surface area contributed by atoms with Gasteiger partial charge in [0.1, 0.15) is 0 Å². The van der Waals surface area contributed by atoms with E-state index in [9.17, 15) is 13.2 Å². The molecular weight excluding hydrogens is 402 g/mol. The van der Waals surface area contributed by atoms with Crippen LogP contribution in [-0.4, -0.2) is 54.9 Å². The molecule has 0 spiro atoms. The predicted octanol–water partition coefficient (Wildman–Crippen LogP) is 2.25. The summed E-state index contributed by atoms with van der Waals surface area (Å²) in [6, 6.07) is 13.5. The third kappa shape index (κ3) is 3.73. The summed E-state index contributed by atoms with van der Waals surface area (Å²) in [5, 5.41) is 0.505. The van der Waals surface area contributed by atoms with Gasteiger partial charge in [-0.15, -0.1) is 0 Å². The minimum Gasteiger partial charge on any atom is -0.408 e. The SMILES string of the molecule is O=c1oc2ccccc2n1CCN1CCN(S(=O)(=O)c2ccc(Cl)cc2)CC1. The summed E-state index contributed by atoms with van der Waals surface area (Å²) in [4.78, 5) is 14.5. The van der Waals surface area contributed by atoms with E-state index in [0.717, 1.165) is 5.52 Å². The maximum absolute atomic E-state index is 12.7. The van der Waals surface area contributed by atoms with Gasteiger partial charge in [0.15, 0.2) is 5.58 Å². The molecule has 148 valence electrons. The smallest absolute Gasteiger partial charge is 0.408 e. The molecule has 1 aromatic heterocycles. The Labute approximate surface area is 167 Å². The largest absolute Gasteiger partial charge is 0.419 e. The number of oxazole rings is 1. The first-order chi connectivity index (χ1) is 13.4. The van der Waals surface area contributed by atoms with Gasteiger partial charge in [-0.3, -0.25) is 9.47 Å². The van der Waals surface area contributed by atoms with Crippen molar-refractivity contribution in [2.75, 3.05) is 32.7 Å². The Hall–Kier alpha value is -2.13. The quantitative estimate of drug-likeness (QED) is 0.631. The van der Waals surface area contributed by atoms with E-state index in [4.69, 9.17) is 16.0 Å². The number of benzene rings is 2. The molecule has 9 heteroatoms. The summed E-state index contributed by atoms with van der Waals surface area (Å²) in [6.45, 7) is 3.19. The maximum Gasteiger partial charge on any atom is 0.419 e. The molecule has 1 aliphatic rings. The van der Waals surface area contributed by atoms with Crippen molar-refractivity contribution in [2.24, 2.45) is 0 Å². The van der Waals surface area contributed by atoms with Crippen molar-refractivity contribution in [3.8, 4) is 0 Å². The molecule has 4 rings (SSSR count). The summed E-state index contributed by atoms with van der Waals surface area (Å²) in [5.74, 6) is -0.370. The fourth-order valence-electron chi connectivity index (χ4n) is 3.42. The van der Waals surface area contributed by atoms with Crippen molar-refractivity contribution < 1.29 is 12.8 Å². The Morgan fingerprint density at radius 3 is 2.32 bits per heavy atom. The molecule has 0 unspecified atom stereocenters. The van der Waals surface area contributed by atoms with Crippen molar-refractivity contribution in [3.63, 3.8) is 0 Å². The lowest BCUT2D eigenvalue weighted by Crippen LogP contribution is -2.49. The number of fused-ring (bicyclic) bond motifs is 1. The fourth-order valence-corrected chi connectivity index (χ4v) is 4.96. The van der Waals surface area contributed by atoms with Crippen molar-refractivity contribution in [3.05, 3.63) is 64.1 Å². The number of halogens is 1. The van der Waals surface area contributed by atoms with Gasteiger partial charge in [-0.2, -0.15) is 4.31 Å². The second kappa shape index (κ2) is 7.71. The molecule has 1 fully saturated rings. The van der Waals surface area contributed by atoms with Crippen molar-refractivity contribution in [1.29, 1.82) is 0 Å². The zero-order chi connectivity index (χ0) is 19.7. The second-order valence-electron chi connectivity index (χ2n) is 6.69. The van der Waals surface area contributed by atoms with Gasteiger partial charge in [0.25, 0.3) is 0 Å². The number of rotatable bonds is 5. The van der Waals surface area contributed by atoms with Gasteiger partial charge in [0.05, 0.1) is 10.4 Å². The molecule has 0 N–H and O–H groups in total. The minimum absolute atomic E-state index is 0.252. The molecular formula is C19H20ClN3O4S. The molecule has 3 aromatic rings. The van der Waals surface area contributed by atoms with Gasteiger partial charge in [0.2, 0.25) is 10.0 Å². The molecule has 0 atom stereocenters. The number of hydrogen-bond acceptors (Lipinski definition) is 5. The monoisotopic (exact) mass is 421 g/mol. The van der Waals surface area contributed by atoms with E-state index in [2.05, 4.69) is 4.90 Å². The highest BCUT2D eigenvalue weighted by Gasteiger charge is 2.28. The van der Waals surface area contributed by atoms with Crippen LogP contribution in [0.2, 0.25) is 5.02 Å². The van der Waals surface area contributed by atoms with E-state index in [1.807, 2.05) is 18.2 Å². The fraction of sp³-hybridized carbons (Fsp3) is 0.316. The minimum atomic E-state index is -3.52. The molecule has 0 amide bonds. The Morgan fingerprint density at radius 1 is 0.929 bits per heavy atom. The van der Waals surface area contributed by atoms with E-state index < -0.39 is 10.0 Å². The van der Waals surface area contributed by atoms with Gasteiger partial charge in [-0.25, -0.2) is 13.2 Å². The highest BCUT2D eigenvalue weighted by molar-refractivity contribution is 7.89. The molecule has 0 bridgehead atoms. The van der Waals surface area contributed by atoms with Crippen LogP contribution in [0.1, 0.15) is 0 Å². The number of para-hydroxylation sites is 2. The molecule has 0 saturated carbocycles. The standard InChI is InChI=1S/C19H20ClN3O4S/c20-15-5-7-16(8-6-15)28(25,26)22-12-9-21(10-13-22)11-14-23-17-3-1-2-4-18(17)27-19(23)24/h1-8H,9-14H2. The molecule has 0 aliphatic carbocycles. The van der Waals surface area contributed by atoms with Crippen LogP contribution in [0.5, 0.6) is 0 Å². The highest BCUT2D eigenvalue weighted by Crippen LogP contribution is 2.20. The third-order valence-corrected chi connectivity index (χ3v) is 7.16. The topological polar surface area (TPSA) is 75.8 Å². The number of sulfonamides is 1. The van der Waals surface area contributed by atoms with Crippen LogP contribution in [0.3, 0.4) is 0 Å². The van der Waals surface area contributed by atoms with Gasteiger partial charge in [-0.1, -0.05) is 23.7 Å². The van der Waals surface area contributed by atoms with E-state index in [1.165, 1.54) is 16.4 Å². The molecule has 2 heterocycles. The molecule has 0 radical (unpaired) electrons. The Morgan fingerprint density at radius 2 is 1.61 bits per heavy atom. The molecule has 7 nitrogen and oxygen atoms in total. The number of hydrogen-bond donors (Lipinski definition) is 0. The second-order valence-corrected chi connectivity index (χ2v) is 9.06. The number of aromatic nitrogens is 1. The van der Waals surface area contributed by atoms with E-state index in [1.54, 1.807) is 22.8 Å². The van der Waals surface area contributed by atoms with Crippen LogP contribution in [-0.2, 0) is 16.6 Å². The maximum atomic E-state index is 12.7. The molecule has 28 heavy (non-hydrogen) atoms. The summed E-state index contributed by atoms with van der Waals surface area (Å²) < 4.78 is 33.9. The molecule has 1 aliphatic heterocycles. The van der Waals surface area contributed by atoms with Crippen molar-refractivity contribution in [1.82, 2.24) is 13.8 Å². The van der Waals surface area contributed by atoms with Crippen LogP contribution in [0.15, 0.2) is 62.6 Å². The first kappa shape index (κ1) is 19.2. The lowest BCUT2D eigenvalue weighted by molar-refractivity contribution is 0.182. The molecule has 1 saturated heterocycles. The predicted molar refractivity (Wildman–Crippen MR) is 107 cm³/mol. The summed E-state index contributed by atoms with van der Waals surface area (Å²) in [6.07, 6.45) is 0. The summed E-state index contributed by atoms with van der Waals surface area (Å²) >= 11 is 5.85. The number of nitrogens with zero attached hydrogens (tertiary/aromatic N) is 3. The van der Waals surface area contributed by atoms with Crippen LogP contribution >= 0.6 is 11.6 Å². The average molecular weight is 422 g/mol. The number of piperazine rings is 1. The Kier molecular flexibility index (Phi) is 5.29. The summed E-state index contributed by atoms with van der Waals surface area (Å²) in [5.41, 5.74) is 1.35. The third-order valence-electron chi connectivity index (χ3n) is 5.00. The first-order valence-corrected chi connectivity index (χ1v) is 10.8. The highest BCUT2D eigenvalue weighted by atomic mass is 35.5. The van der Waals surface area contributed by atoms with E-state index in [-0.39, 0.29) is 10.7 Å². The van der Waals surface area contributed by atoms with E-state index >= 15 is 0 Å². The van der Waals surface area contributed by atoms with Gasteiger partial charge in [0, 0.05) is 44.3 Å². The zero-order valence-electron chi connectivity index (χ0n) is 15.1. The first-order valence-electron chi connectivity index (χ1n) is 9.01. The van der Waals surface area contributed by atoms with Gasteiger partial charge >= 0.3 is 5.76 Å². The van der Waals surface area contributed by atoms with Crippen molar-refractivity contribution in [2.45, 2.75) is 11.4 Å². The molecule has 2 aromatic carbocycles.